The summed E-state index contributed by atoms with van der Waals surface area (Å²) in [5.41, 5.74) is 2.11. The van der Waals surface area contributed by atoms with Crippen LogP contribution in [0.25, 0.3) is 0 Å². The molecule has 1 N–H and O–H groups in total. The third-order valence-electron chi connectivity index (χ3n) is 5.27. The highest BCUT2D eigenvalue weighted by Crippen LogP contribution is 2.35. The molecule has 1 unspecified atom stereocenters. The Balaban J connectivity index is 1.62. The van der Waals surface area contributed by atoms with Crippen molar-refractivity contribution in [2.45, 2.75) is 44.3 Å². The zero-order valence-electron chi connectivity index (χ0n) is 14.5. The Hall–Kier alpha value is -2.69. The van der Waals surface area contributed by atoms with Gasteiger partial charge < -0.3 is 10.2 Å². The first-order chi connectivity index (χ1) is 12.6. The van der Waals surface area contributed by atoms with Gasteiger partial charge in [-0.15, -0.1) is 0 Å². The van der Waals surface area contributed by atoms with E-state index in [2.05, 4.69) is 5.32 Å². The molecule has 1 saturated carbocycles. The minimum absolute atomic E-state index is 0.127. The van der Waals surface area contributed by atoms with Gasteiger partial charge in [-0.2, -0.15) is 0 Å². The molecule has 5 heteroatoms. The molecule has 1 atom stereocenters. The van der Waals surface area contributed by atoms with Crippen LogP contribution in [-0.2, 0) is 11.3 Å². The fraction of sp³-hybridized carbons (Fsp3) is 0.333. The van der Waals surface area contributed by atoms with Gasteiger partial charge in [0.05, 0.1) is 0 Å². The van der Waals surface area contributed by atoms with Gasteiger partial charge in [-0.3, -0.25) is 9.59 Å². The number of nitrogens with one attached hydrogen (secondary N) is 1. The van der Waals surface area contributed by atoms with E-state index < -0.39 is 6.04 Å². The number of halogens is 1. The molecule has 0 aromatic heterocycles. The second-order valence-electron chi connectivity index (χ2n) is 7.04. The lowest BCUT2D eigenvalue weighted by Crippen LogP contribution is -2.42. The van der Waals surface area contributed by atoms with Gasteiger partial charge in [-0.1, -0.05) is 43.2 Å². The SMILES string of the molecule is O=C(NC1CCCC1)C1c2ccccc2C(=O)N1Cc1ccc(F)cc1. The van der Waals surface area contributed by atoms with Gasteiger partial charge in [0.1, 0.15) is 11.9 Å². The third-order valence-corrected chi connectivity index (χ3v) is 5.27. The smallest absolute Gasteiger partial charge is 0.255 e. The zero-order chi connectivity index (χ0) is 18.1. The van der Waals surface area contributed by atoms with Crippen LogP contribution < -0.4 is 5.32 Å². The highest BCUT2D eigenvalue weighted by Gasteiger charge is 2.41. The van der Waals surface area contributed by atoms with Gasteiger partial charge in [0.15, 0.2) is 0 Å². The number of hydrogen-bond donors (Lipinski definition) is 1. The quantitative estimate of drug-likeness (QED) is 0.914. The zero-order valence-corrected chi connectivity index (χ0v) is 14.5. The maximum atomic E-state index is 13.2. The maximum Gasteiger partial charge on any atom is 0.255 e. The number of carbonyl (C=O) groups is 2. The van der Waals surface area contributed by atoms with E-state index >= 15 is 0 Å². The lowest BCUT2D eigenvalue weighted by Gasteiger charge is -2.26. The molecular formula is C21H21FN2O2. The van der Waals surface area contributed by atoms with E-state index in [1.807, 2.05) is 18.2 Å². The molecule has 0 bridgehead atoms. The van der Waals surface area contributed by atoms with Gasteiger partial charge in [0.2, 0.25) is 5.91 Å². The number of carbonyl (C=O) groups excluding carboxylic acids is 2. The summed E-state index contributed by atoms with van der Waals surface area (Å²) in [6, 6.07) is 12.9. The second-order valence-corrected chi connectivity index (χ2v) is 7.04. The predicted octanol–water partition coefficient (Wildman–Crippen LogP) is 3.58. The van der Waals surface area contributed by atoms with Crippen LogP contribution in [0, 0.1) is 5.82 Å². The van der Waals surface area contributed by atoms with Gasteiger partial charge in [-0.05, 0) is 42.2 Å². The fourth-order valence-corrected chi connectivity index (χ4v) is 3.95. The Morgan fingerprint density at radius 1 is 1.08 bits per heavy atom. The lowest BCUT2D eigenvalue weighted by molar-refractivity contribution is -0.126. The van der Waals surface area contributed by atoms with Crippen molar-refractivity contribution in [3.05, 3.63) is 71.0 Å². The number of benzene rings is 2. The molecule has 2 aliphatic rings. The molecule has 1 heterocycles. The number of rotatable bonds is 4. The van der Waals surface area contributed by atoms with E-state index in [0.717, 1.165) is 36.8 Å². The van der Waals surface area contributed by atoms with Crippen molar-refractivity contribution >= 4 is 11.8 Å². The Bertz CT molecular complexity index is 828. The van der Waals surface area contributed by atoms with Crippen molar-refractivity contribution in [1.29, 1.82) is 0 Å². The van der Waals surface area contributed by atoms with Crippen molar-refractivity contribution in [1.82, 2.24) is 10.2 Å². The van der Waals surface area contributed by atoms with Crippen LogP contribution in [0.4, 0.5) is 4.39 Å². The first-order valence-electron chi connectivity index (χ1n) is 9.08. The Labute approximate surface area is 152 Å². The van der Waals surface area contributed by atoms with Crippen LogP contribution in [-0.4, -0.2) is 22.8 Å². The molecule has 1 aliphatic heterocycles. The molecular weight excluding hydrogens is 331 g/mol. The molecule has 4 rings (SSSR count). The van der Waals surface area contributed by atoms with Crippen LogP contribution in [0.1, 0.15) is 53.2 Å². The van der Waals surface area contributed by atoms with E-state index in [1.54, 1.807) is 23.1 Å². The van der Waals surface area contributed by atoms with Gasteiger partial charge >= 0.3 is 0 Å². The first-order valence-corrected chi connectivity index (χ1v) is 9.08. The Kier molecular flexibility index (Phi) is 4.45. The van der Waals surface area contributed by atoms with Gasteiger partial charge in [-0.25, -0.2) is 4.39 Å². The molecule has 0 spiro atoms. The van der Waals surface area contributed by atoms with E-state index in [0.29, 0.717) is 5.56 Å². The number of hydrogen-bond acceptors (Lipinski definition) is 2. The first kappa shape index (κ1) is 16.8. The monoisotopic (exact) mass is 352 g/mol. The second kappa shape index (κ2) is 6.90. The van der Waals surface area contributed by atoms with E-state index in [1.165, 1.54) is 12.1 Å². The molecule has 2 aromatic carbocycles. The summed E-state index contributed by atoms with van der Waals surface area (Å²) in [5.74, 6) is -0.603. The molecule has 2 amide bonds. The Morgan fingerprint density at radius 3 is 2.50 bits per heavy atom. The number of fused-ring (bicyclic) bond motifs is 1. The highest BCUT2D eigenvalue weighted by atomic mass is 19.1. The lowest BCUT2D eigenvalue weighted by atomic mass is 10.0. The average Bonchev–Trinajstić information content (AvgIpc) is 3.24. The minimum atomic E-state index is -0.635. The highest BCUT2D eigenvalue weighted by molar-refractivity contribution is 6.04. The van der Waals surface area contributed by atoms with Crippen molar-refractivity contribution < 1.29 is 14.0 Å². The third kappa shape index (κ3) is 3.09. The van der Waals surface area contributed by atoms with Crippen LogP contribution >= 0.6 is 0 Å². The molecule has 1 aliphatic carbocycles. The summed E-state index contributed by atoms with van der Waals surface area (Å²) < 4.78 is 13.2. The van der Waals surface area contributed by atoms with Crippen LogP contribution in [0.3, 0.4) is 0 Å². The van der Waals surface area contributed by atoms with Crippen molar-refractivity contribution in [3.63, 3.8) is 0 Å². The van der Waals surface area contributed by atoms with Gasteiger partial charge in [0.25, 0.3) is 5.91 Å². The summed E-state index contributed by atoms with van der Waals surface area (Å²) in [7, 11) is 0. The van der Waals surface area contributed by atoms with Crippen molar-refractivity contribution in [2.75, 3.05) is 0 Å². The minimum Gasteiger partial charge on any atom is -0.351 e. The predicted molar refractivity (Wildman–Crippen MR) is 95.9 cm³/mol. The summed E-state index contributed by atoms with van der Waals surface area (Å²) in [4.78, 5) is 27.5. The van der Waals surface area contributed by atoms with E-state index in [-0.39, 0.29) is 30.2 Å². The van der Waals surface area contributed by atoms with E-state index in [4.69, 9.17) is 0 Å². The molecule has 2 aromatic rings. The van der Waals surface area contributed by atoms with Gasteiger partial charge in [0, 0.05) is 18.2 Å². The van der Waals surface area contributed by atoms with Crippen LogP contribution in [0.2, 0.25) is 0 Å². The van der Waals surface area contributed by atoms with E-state index in [9.17, 15) is 14.0 Å². The molecule has 1 fully saturated rings. The van der Waals surface area contributed by atoms with Crippen molar-refractivity contribution in [3.8, 4) is 0 Å². The molecule has 0 saturated heterocycles. The fourth-order valence-electron chi connectivity index (χ4n) is 3.95. The number of amides is 2. The van der Waals surface area contributed by atoms with Crippen molar-refractivity contribution in [2.24, 2.45) is 0 Å². The summed E-state index contributed by atoms with van der Waals surface area (Å²) in [6.45, 7) is 0.274. The normalized spacial score (nSPS) is 19.7. The largest absolute Gasteiger partial charge is 0.351 e. The van der Waals surface area contributed by atoms with Crippen LogP contribution in [0.15, 0.2) is 48.5 Å². The molecule has 0 radical (unpaired) electrons. The molecule has 134 valence electrons. The van der Waals surface area contributed by atoms with Crippen LogP contribution in [0.5, 0.6) is 0 Å². The average molecular weight is 352 g/mol. The molecule has 26 heavy (non-hydrogen) atoms. The summed E-state index contributed by atoms with van der Waals surface area (Å²) in [6.07, 6.45) is 4.24. The standard InChI is InChI=1S/C21H21FN2O2/c22-15-11-9-14(10-12-15)13-24-19(20(25)23-16-5-1-2-6-16)17-7-3-4-8-18(17)21(24)26/h3-4,7-12,16,19H,1-2,5-6,13H2,(H,23,25). The summed E-state index contributed by atoms with van der Waals surface area (Å²) in [5, 5.41) is 3.11. The number of nitrogens with zero attached hydrogens (tertiary/aromatic N) is 1. The molecule has 4 nitrogen and oxygen atoms in total. The topological polar surface area (TPSA) is 49.4 Å². The Morgan fingerprint density at radius 2 is 1.77 bits per heavy atom. The summed E-state index contributed by atoms with van der Waals surface area (Å²) >= 11 is 0. The maximum absolute atomic E-state index is 13.2.